The van der Waals surface area contributed by atoms with Gasteiger partial charge < -0.3 is 25.3 Å². The molecule has 0 aliphatic carbocycles. The second kappa shape index (κ2) is 9.00. The summed E-state index contributed by atoms with van der Waals surface area (Å²) in [5.41, 5.74) is 2.21. The lowest BCUT2D eigenvalue weighted by molar-refractivity contribution is 0.0682. The molecule has 0 radical (unpaired) electrons. The summed E-state index contributed by atoms with van der Waals surface area (Å²) in [6.45, 7) is 5.19. The Labute approximate surface area is 158 Å². The van der Waals surface area contributed by atoms with Crippen LogP contribution in [0.2, 0.25) is 0 Å². The number of aromatic amines is 1. The molecule has 0 bridgehead atoms. The molecule has 142 valence electrons. The van der Waals surface area contributed by atoms with Crippen molar-refractivity contribution >= 4 is 23.4 Å². The summed E-state index contributed by atoms with van der Waals surface area (Å²) < 4.78 is 5.42. The summed E-state index contributed by atoms with van der Waals surface area (Å²) in [6, 6.07) is 10.7. The first-order valence-electron chi connectivity index (χ1n) is 8.96. The van der Waals surface area contributed by atoms with E-state index in [1.54, 1.807) is 24.3 Å². The average Bonchev–Trinajstić information content (AvgIpc) is 3.22. The van der Waals surface area contributed by atoms with Gasteiger partial charge in [-0.05, 0) is 43.3 Å². The van der Waals surface area contributed by atoms with Crippen LogP contribution in [0.25, 0.3) is 0 Å². The van der Waals surface area contributed by atoms with Crippen LogP contribution in [0.3, 0.4) is 0 Å². The van der Waals surface area contributed by atoms with Crippen LogP contribution in [0.4, 0.5) is 10.5 Å². The highest BCUT2D eigenvalue weighted by Crippen LogP contribution is 2.13. The highest BCUT2D eigenvalue weighted by Gasteiger charge is 2.18. The molecule has 3 rings (SSSR count). The van der Waals surface area contributed by atoms with Crippen molar-refractivity contribution in [3.8, 4) is 0 Å². The number of hydrogen-bond donors (Lipinski definition) is 4. The van der Waals surface area contributed by atoms with Gasteiger partial charge in [0.15, 0.2) is 11.7 Å². The van der Waals surface area contributed by atoms with E-state index in [1.807, 2.05) is 25.3 Å². The highest BCUT2D eigenvalue weighted by atomic mass is 16.5. The van der Waals surface area contributed by atoms with E-state index >= 15 is 0 Å². The number of carbonyl (C=O) groups excluding carboxylic acids is 1. The number of carbonyl (C=O) groups is 1. The largest absolute Gasteiger partial charge is 0.378 e. The van der Waals surface area contributed by atoms with E-state index in [0.717, 1.165) is 24.6 Å². The SMILES string of the molecule is CCNC(=O)Nc1ccc(C(=N)N=C(c2ccc[nH]2)N2CCOCC2)cc1. The molecule has 2 heterocycles. The molecule has 1 aliphatic rings. The quantitative estimate of drug-likeness (QED) is 0.491. The van der Waals surface area contributed by atoms with Crippen LogP contribution >= 0.6 is 0 Å². The van der Waals surface area contributed by atoms with E-state index in [-0.39, 0.29) is 11.9 Å². The van der Waals surface area contributed by atoms with Crippen LogP contribution in [0.15, 0.2) is 47.6 Å². The molecule has 8 heteroatoms. The Hall–Kier alpha value is -3.13. The molecule has 8 nitrogen and oxygen atoms in total. The average molecular weight is 368 g/mol. The minimum absolute atomic E-state index is 0.163. The van der Waals surface area contributed by atoms with Crippen molar-refractivity contribution in [2.45, 2.75) is 6.92 Å². The third-order valence-electron chi connectivity index (χ3n) is 4.12. The number of benzene rings is 1. The lowest BCUT2D eigenvalue weighted by Crippen LogP contribution is -2.41. The number of amidine groups is 2. The number of rotatable bonds is 4. The number of nitrogens with one attached hydrogen (secondary N) is 4. The van der Waals surface area contributed by atoms with Gasteiger partial charge in [-0.2, -0.15) is 0 Å². The number of H-pyrrole nitrogens is 1. The summed E-state index contributed by atoms with van der Waals surface area (Å²) in [7, 11) is 0. The van der Waals surface area contributed by atoms with E-state index in [1.165, 1.54) is 0 Å². The third kappa shape index (κ3) is 4.95. The molecule has 0 spiro atoms. The zero-order chi connectivity index (χ0) is 19.1. The Morgan fingerprint density at radius 3 is 2.63 bits per heavy atom. The Morgan fingerprint density at radius 2 is 2.00 bits per heavy atom. The summed E-state index contributed by atoms with van der Waals surface area (Å²) in [6.07, 6.45) is 1.84. The lowest BCUT2D eigenvalue weighted by Gasteiger charge is -2.29. The van der Waals surface area contributed by atoms with Gasteiger partial charge >= 0.3 is 6.03 Å². The molecule has 0 atom stereocenters. The van der Waals surface area contributed by atoms with Crippen LogP contribution in [0, 0.1) is 5.41 Å². The van der Waals surface area contributed by atoms with Gasteiger partial charge in [0.25, 0.3) is 0 Å². The van der Waals surface area contributed by atoms with E-state index in [0.29, 0.717) is 31.0 Å². The monoisotopic (exact) mass is 368 g/mol. The molecule has 1 aromatic carbocycles. The number of aromatic nitrogens is 1. The van der Waals surface area contributed by atoms with Crippen LogP contribution in [0.5, 0.6) is 0 Å². The Balaban J connectivity index is 1.77. The number of ether oxygens (including phenoxy) is 1. The molecule has 1 aliphatic heterocycles. The smallest absolute Gasteiger partial charge is 0.319 e. The molecule has 4 N–H and O–H groups in total. The van der Waals surface area contributed by atoms with Gasteiger partial charge in [-0.1, -0.05) is 0 Å². The fourth-order valence-electron chi connectivity index (χ4n) is 2.76. The van der Waals surface area contributed by atoms with Crippen molar-refractivity contribution in [3.05, 3.63) is 53.9 Å². The van der Waals surface area contributed by atoms with Gasteiger partial charge in [0.2, 0.25) is 0 Å². The predicted molar refractivity (Wildman–Crippen MR) is 106 cm³/mol. The van der Waals surface area contributed by atoms with Gasteiger partial charge in [0.05, 0.1) is 18.9 Å². The van der Waals surface area contributed by atoms with Gasteiger partial charge in [-0.25, -0.2) is 9.79 Å². The number of hydrogen-bond acceptors (Lipinski definition) is 3. The number of morpholine rings is 1. The van der Waals surface area contributed by atoms with E-state index < -0.39 is 0 Å². The molecule has 0 saturated carbocycles. The second-order valence-corrected chi connectivity index (χ2v) is 6.03. The third-order valence-corrected chi connectivity index (χ3v) is 4.12. The lowest BCUT2D eigenvalue weighted by atomic mass is 10.2. The van der Waals surface area contributed by atoms with Crippen LogP contribution in [-0.4, -0.2) is 60.4 Å². The summed E-state index contributed by atoms with van der Waals surface area (Å²) in [5.74, 6) is 0.897. The van der Waals surface area contributed by atoms with E-state index in [2.05, 4.69) is 25.5 Å². The van der Waals surface area contributed by atoms with Gasteiger partial charge in [0, 0.05) is 37.1 Å². The maximum absolute atomic E-state index is 11.6. The first-order chi connectivity index (χ1) is 13.2. The second-order valence-electron chi connectivity index (χ2n) is 6.03. The van der Waals surface area contributed by atoms with Crippen molar-refractivity contribution in [2.75, 3.05) is 38.2 Å². The maximum atomic E-state index is 11.6. The number of anilines is 1. The fourth-order valence-corrected chi connectivity index (χ4v) is 2.76. The van der Waals surface area contributed by atoms with Gasteiger partial charge in [-0.15, -0.1) is 0 Å². The summed E-state index contributed by atoms with van der Waals surface area (Å²) >= 11 is 0. The summed E-state index contributed by atoms with van der Waals surface area (Å²) in [5, 5.41) is 13.8. The van der Waals surface area contributed by atoms with E-state index in [9.17, 15) is 4.79 Å². The number of aliphatic imine (C=N–C) groups is 1. The molecule has 2 aromatic rings. The van der Waals surface area contributed by atoms with Crippen molar-refractivity contribution in [3.63, 3.8) is 0 Å². The minimum Gasteiger partial charge on any atom is -0.378 e. The number of nitrogens with zero attached hydrogens (tertiary/aromatic N) is 2. The van der Waals surface area contributed by atoms with Crippen LogP contribution < -0.4 is 10.6 Å². The zero-order valence-electron chi connectivity index (χ0n) is 15.3. The Morgan fingerprint density at radius 1 is 1.26 bits per heavy atom. The fraction of sp³-hybridized carbons (Fsp3) is 0.316. The number of urea groups is 1. The molecule has 0 unspecified atom stereocenters. The van der Waals surface area contributed by atoms with E-state index in [4.69, 9.17) is 10.1 Å². The van der Waals surface area contributed by atoms with Crippen molar-refractivity contribution in [2.24, 2.45) is 4.99 Å². The summed E-state index contributed by atoms with van der Waals surface area (Å²) in [4.78, 5) is 21.4. The highest BCUT2D eigenvalue weighted by molar-refractivity contribution is 6.09. The Bertz CT molecular complexity index is 792. The first-order valence-corrected chi connectivity index (χ1v) is 8.96. The van der Waals surface area contributed by atoms with Gasteiger partial charge in [0.1, 0.15) is 0 Å². The normalized spacial score (nSPS) is 14.7. The van der Waals surface area contributed by atoms with Gasteiger partial charge in [-0.3, -0.25) is 5.41 Å². The molecule has 1 aromatic heterocycles. The molecule has 2 amide bonds. The topological polar surface area (TPSA) is 106 Å². The Kier molecular flexibility index (Phi) is 6.22. The maximum Gasteiger partial charge on any atom is 0.319 e. The standard InChI is InChI=1S/C19H24N6O2/c1-2-21-19(26)23-15-7-5-14(6-8-15)17(20)24-18(16-4-3-9-22-16)25-10-12-27-13-11-25/h3-9,20,22H,2,10-13H2,1H3,(H2,21,23,26). The zero-order valence-corrected chi connectivity index (χ0v) is 15.3. The van der Waals surface area contributed by atoms with Crippen LogP contribution in [-0.2, 0) is 4.74 Å². The molecule has 1 fully saturated rings. The van der Waals surface area contributed by atoms with Crippen molar-refractivity contribution in [1.29, 1.82) is 5.41 Å². The minimum atomic E-state index is -0.250. The predicted octanol–water partition coefficient (Wildman–Crippen LogP) is 2.26. The molecule has 27 heavy (non-hydrogen) atoms. The first kappa shape index (κ1) is 18.7. The van der Waals surface area contributed by atoms with Crippen LogP contribution in [0.1, 0.15) is 18.2 Å². The molecular weight excluding hydrogens is 344 g/mol. The van der Waals surface area contributed by atoms with Crippen molar-refractivity contribution < 1.29 is 9.53 Å². The number of amides is 2. The molecule has 1 saturated heterocycles. The van der Waals surface area contributed by atoms with Crippen molar-refractivity contribution in [1.82, 2.24) is 15.2 Å². The molecular formula is C19H24N6O2.